The van der Waals surface area contributed by atoms with E-state index in [9.17, 15) is 18.4 Å². The van der Waals surface area contributed by atoms with Gasteiger partial charge in [-0.2, -0.15) is 5.10 Å². The van der Waals surface area contributed by atoms with Gasteiger partial charge in [0.1, 0.15) is 11.6 Å². The predicted octanol–water partition coefficient (Wildman–Crippen LogP) is 2.79. The Hall–Kier alpha value is -2.81. The van der Waals surface area contributed by atoms with Gasteiger partial charge < -0.3 is 15.4 Å². The van der Waals surface area contributed by atoms with Crippen LogP contribution in [0.25, 0.3) is 0 Å². The largest absolute Gasteiger partial charge is 0.370 e. The lowest BCUT2D eigenvalue weighted by atomic mass is 9.92. The fraction of sp³-hybridized carbons (Fsp3) is 0.500. The Kier molecular flexibility index (Phi) is 7.73. The van der Waals surface area contributed by atoms with Gasteiger partial charge in [-0.25, -0.2) is 8.78 Å². The van der Waals surface area contributed by atoms with Crippen molar-refractivity contribution in [1.29, 1.82) is 0 Å². The van der Waals surface area contributed by atoms with Gasteiger partial charge in [-0.15, -0.1) is 0 Å². The van der Waals surface area contributed by atoms with Crippen LogP contribution in [0.15, 0.2) is 30.5 Å². The first-order chi connectivity index (χ1) is 14.8. The summed E-state index contributed by atoms with van der Waals surface area (Å²) in [6.45, 7) is 4.27. The number of rotatable bonds is 8. The topological polar surface area (TPSA) is 85.3 Å². The number of nitrogens with zero attached hydrogens (tertiary/aromatic N) is 2. The first-order valence-corrected chi connectivity index (χ1v) is 10.4. The van der Waals surface area contributed by atoms with Crippen LogP contribution < -0.4 is 10.6 Å². The lowest BCUT2D eigenvalue weighted by Gasteiger charge is -2.36. The summed E-state index contributed by atoms with van der Waals surface area (Å²) in [5, 5.41) is 9.90. The molecule has 0 aliphatic carbocycles. The van der Waals surface area contributed by atoms with Crippen LogP contribution in [-0.2, 0) is 20.9 Å². The standard InChI is InChI=1S/C22H28F2N4O3/c1-14-3-7-26-28(14)8-5-22(30)25-6-4-20-12-19(27-15(2)29)13-21(31-20)16-9-17(23)11-18(24)10-16/h3,7,9-11,19-21H,4-6,8,12-13H2,1-2H3,(H,25,30)(H,27,29)/t19-,20+,21+/m0/s1. The molecule has 2 heterocycles. The summed E-state index contributed by atoms with van der Waals surface area (Å²) in [7, 11) is 0. The minimum atomic E-state index is -0.670. The van der Waals surface area contributed by atoms with Gasteiger partial charge in [0.25, 0.3) is 0 Å². The Morgan fingerprint density at radius 1 is 1.23 bits per heavy atom. The van der Waals surface area contributed by atoms with Crippen LogP contribution in [0.4, 0.5) is 8.78 Å². The van der Waals surface area contributed by atoms with E-state index >= 15 is 0 Å². The second-order valence-electron chi connectivity index (χ2n) is 7.90. The van der Waals surface area contributed by atoms with Gasteiger partial charge in [-0.05, 0) is 49.9 Å². The van der Waals surface area contributed by atoms with Crippen molar-refractivity contribution in [2.45, 2.75) is 64.3 Å². The number of benzene rings is 1. The van der Waals surface area contributed by atoms with Crippen molar-refractivity contribution in [1.82, 2.24) is 20.4 Å². The number of carbonyl (C=O) groups excluding carboxylic acids is 2. The van der Waals surface area contributed by atoms with Crippen LogP contribution in [0.1, 0.15) is 50.0 Å². The zero-order chi connectivity index (χ0) is 22.4. The highest BCUT2D eigenvalue weighted by atomic mass is 19.1. The Morgan fingerprint density at radius 2 is 1.97 bits per heavy atom. The van der Waals surface area contributed by atoms with Crippen LogP contribution >= 0.6 is 0 Å². The van der Waals surface area contributed by atoms with E-state index in [2.05, 4.69) is 15.7 Å². The third kappa shape index (κ3) is 6.85. The van der Waals surface area contributed by atoms with E-state index in [-0.39, 0.29) is 24.0 Å². The maximum absolute atomic E-state index is 13.7. The van der Waals surface area contributed by atoms with Gasteiger partial charge in [0.2, 0.25) is 11.8 Å². The molecule has 1 aliphatic rings. The summed E-state index contributed by atoms with van der Waals surface area (Å²) < 4.78 is 35.1. The normalized spacial score (nSPS) is 21.0. The molecule has 7 nitrogen and oxygen atoms in total. The van der Waals surface area contributed by atoms with Crippen LogP contribution in [0.2, 0.25) is 0 Å². The molecule has 1 fully saturated rings. The third-order valence-electron chi connectivity index (χ3n) is 5.33. The number of aromatic nitrogens is 2. The van der Waals surface area contributed by atoms with Crippen molar-refractivity contribution >= 4 is 11.8 Å². The Bertz CT molecular complexity index is 898. The minimum absolute atomic E-state index is 0.0899. The molecule has 0 unspecified atom stereocenters. The average molecular weight is 434 g/mol. The molecule has 2 N–H and O–H groups in total. The summed E-state index contributed by atoms with van der Waals surface area (Å²) in [6.07, 6.45) is 2.71. The molecule has 0 radical (unpaired) electrons. The first kappa shape index (κ1) is 22.9. The Balaban J connectivity index is 1.54. The number of ether oxygens (including phenoxy) is 1. The van der Waals surface area contributed by atoms with Crippen molar-refractivity contribution in [2.24, 2.45) is 0 Å². The first-order valence-electron chi connectivity index (χ1n) is 10.4. The second-order valence-corrected chi connectivity index (χ2v) is 7.90. The zero-order valence-corrected chi connectivity index (χ0v) is 17.7. The molecule has 2 aromatic rings. The molecule has 3 atom stereocenters. The van der Waals surface area contributed by atoms with E-state index in [1.54, 1.807) is 10.9 Å². The summed E-state index contributed by atoms with van der Waals surface area (Å²) >= 11 is 0. The zero-order valence-electron chi connectivity index (χ0n) is 17.7. The highest BCUT2D eigenvalue weighted by Crippen LogP contribution is 2.33. The lowest BCUT2D eigenvalue weighted by Crippen LogP contribution is -2.43. The number of amides is 2. The lowest BCUT2D eigenvalue weighted by molar-refractivity contribution is -0.122. The van der Waals surface area contributed by atoms with E-state index in [0.717, 1.165) is 11.8 Å². The maximum Gasteiger partial charge on any atom is 0.221 e. The molecule has 3 rings (SSSR count). The fourth-order valence-corrected chi connectivity index (χ4v) is 3.88. The van der Waals surface area contributed by atoms with Crippen molar-refractivity contribution in [3.05, 3.63) is 53.4 Å². The molecular formula is C22H28F2N4O3. The van der Waals surface area contributed by atoms with Gasteiger partial charge in [0.15, 0.2) is 0 Å². The summed E-state index contributed by atoms with van der Waals surface area (Å²) in [5.41, 5.74) is 1.39. The molecule has 168 valence electrons. The van der Waals surface area contributed by atoms with Crippen molar-refractivity contribution < 1.29 is 23.1 Å². The second kappa shape index (κ2) is 10.5. The van der Waals surface area contributed by atoms with Crippen molar-refractivity contribution in [3.8, 4) is 0 Å². The molecule has 1 aromatic heterocycles. The van der Waals surface area contributed by atoms with E-state index in [4.69, 9.17) is 4.74 Å². The van der Waals surface area contributed by atoms with Crippen molar-refractivity contribution in [2.75, 3.05) is 6.54 Å². The van der Waals surface area contributed by atoms with E-state index in [1.165, 1.54) is 19.1 Å². The minimum Gasteiger partial charge on any atom is -0.370 e. The quantitative estimate of drug-likeness (QED) is 0.669. The number of hydrogen-bond acceptors (Lipinski definition) is 4. The van der Waals surface area contributed by atoms with Gasteiger partial charge >= 0.3 is 0 Å². The number of aryl methyl sites for hydroxylation is 2. The van der Waals surface area contributed by atoms with Gasteiger partial charge in [-0.3, -0.25) is 14.3 Å². The molecule has 0 saturated carbocycles. The van der Waals surface area contributed by atoms with Gasteiger partial charge in [-0.1, -0.05) is 0 Å². The summed E-state index contributed by atoms with van der Waals surface area (Å²) in [6, 6.07) is 5.02. The van der Waals surface area contributed by atoms with Crippen LogP contribution in [-0.4, -0.2) is 40.3 Å². The smallest absolute Gasteiger partial charge is 0.221 e. The number of nitrogens with one attached hydrogen (secondary N) is 2. The molecule has 1 aliphatic heterocycles. The molecule has 1 aromatic carbocycles. The Morgan fingerprint density at radius 3 is 2.61 bits per heavy atom. The third-order valence-corrected chi connectivity index (χ3v) is 5.33. The molecule has 2 amide bonds. The average Bonchev–Trinajstić information content (AvgIpc) is 3.10. The molecule has 0 spiro atoms. The monoisotopic (exact) mass is 434 g/mol. The van der Waals surface area contributed by atoms with Crippen LogP contribution in [0.3, 0.4) is 0 Å². The molecule has 0 bridgehead atoms. The van der Waals surface area contributed by atoms with Crippen LogP contribution in [0.5, 0.6) is 0 Å². The molecule has 1 saturated heterocycles. The molecular weight excluding hydrogens is 406 g/mol. The maximum atomic E-state index is 13.7. The molecule has 9 heteroatoms. The fourth-order valence-electron chi connectivity index (χ4n) is 3.88. The number of carbonyl (C=O) groups is 2. The predicted molar refractivity (Wildman–Crippen MR) is 110 cm³/mol. The van der Waals surface area contributed by atoms with E-state index in [1.807, 2.05) is 13.0 Å². The number of halogens is 2. The van der Waals surface area contributed by atoms with E-state index < -0.39 is 17.7 Å². The highest BCUT2D eigenvalue weighted by molar-refractivity contribution is 5.75. The van der Waals surface area contributed by atoms with Crippen LogP contribution in [0, 0.1) is 18.6 Å². The highest BCUT2D eigenvalue weighted by Gasteiger charge is 2.31. The summed E-state index contributed by atoms with van der Waals surface area (Å²) in [4.78, 5) is 23.7. The SMILES string of the molecule is CC(=O)N[C@H]1C[C@@H](CCNC(=O)CCn2nccc2C)O[C@@H](c2cc(F)cc(F)c2)C1. The van der Waals surface area contributed by atoms with E-state index in [0.29, 0.717) is 44.3 Å². The molecule has 31 heavy (non-hydrogen) atoms. The van der Waals surface area contributed by atoms with Gasteiger partial charge in [0.05, 0.1) is 12.2 Å². The van der Waals surface area contributed by atoms with Gasteiger partial charge in [0, 0.05) is 50.4 Å². The van der Waals surface area contributed by atoms with Crippen molar-refractivity contribution in [3.63, 3.8) is 0 Å². The Labute approximate surface area is 180 Å². The number of hydrogen-bond donors (Lipinski definition) is 2. The summed E-state index contributed by atoms with van der Waals surface area (Å²) in [5.74, 6) is -1.60.